The van der Waals surface area contributed by atoms with Gasteiger partial charge in [0.2, 0.25) is 0 Å². The summed E-state index contributed by atoms with van der Waals surface area (Å²) in [5.41, 5.74) is 4.28. The quantitative estimate of drug-likeness (QED) is 0.297. The molecular formula is C28H28O4S. The van der Waals surface area contributed by atoms with Crippen LogP contribution in [0, 0.1) is 11.8 Å². The maximum atomic E-state index is 10.8. The predicted molar refractivity (Wildman–Crippen MR) is 133 cm³/mol. The first-order valence-corrected chi connectivity index (χ1v) is 12.0. The van der Waals surface area contributed by atoms with Crippen molar-refractivity contribution >= 4 is 17.7 Å². The van der Waals surface area contributed by atoms with E-state index in [-0.39, 0.29) is 6.61 Å². The van der Waals surface area contributed by atoms with E-state index in [1.54, 1.807) is 11.8 Å². The summed E-state index contributed by atoms with van der Waals surface area (Å²) in [7, 11) is 0. The van der Waals surface area contributed by atoms with Crippen molar-refractivity contribution in [2.75, 3.05) is 13.2 Å². The molecule has 33 heavy (non-hydrogen) atoms. The van der Waals surface area contributed by atoms with E-state index in [0.717, 1.165) is 39.5 Å². The molecule has 0 radical (unpaired) electrons. The molecule has 0 unspecified atom stereocenters. The van der Waals surface area contributed by atoms with Gasteiger partial charge >= 0.3 is 5.97 Å². The van der Waals surface area contributed by atoms with Crippen LogP contribution in [0.25, 0.3) is 0 Å². The second kappa shape index (κ2) is 12.6. The number of ether oxygens (including phenoxy) is 2. The fourth-order valence-electron chi connectivity index (χ4n) is 3.28. The number of aliphatic carboxylic acids is 1. The van der Waals surface area contributed by atoms with Crippen LogP contribution < -0.4 is 9.47 Å². The summed E-state index contributed by atoms with van der Waals surface area (Å²) < 4.78 is 11.2. The molecule has 3 aromatic carbocycles. The zero-order chi connectivity index (χ0) is 23.5. The molecule has 0 saturated carbocycles. The van der Waals surface area contributed by atoms with E-state index >= 15 is 0 Å². The van der Waals surface area contributed by atoms with Gasteiger partial charge in [0.15, 0.2) is 6.61 Å². The normalized spacial score (nSPS) is 10.2. The first-order valence-electron chi connectivity index (χ1n) is 11.0. The first kappa shape index (κ1) is 24.3. The van der Waals surface area contributed by atoms with Crippen molar-refractivity contribution in [1.82, 2.24) is 0 Å². The Hall–Kier alpha value is -3.36. The van der Waals surface area contributed by atoms with Crippen LogP contribution in [0.15, 0.2) is 71.6 Å². The van der Waals surface area contributed by atoms with E-state index in [4.69, 9.17) is 14.6 Å². The van der Waals surface area contributed by atoms with Gasteiger partial charge in [0, 0.05) is 22.6 Å². The van der Waals surface area contributed by atoms with Crippen LogP contribution in [0.1, 0.15) is 36.1 Å². The van der Waals surface area contributed by atoms with E-state index in [0.29, 0.717) is 18.8 Å². The number of rotatable bonds is 10. The summed E-state index contributed by atoms with van der Waals surface area (Å²) in [6.45, 7) is 4.27. The van der Waals surface area contributed by atoms with Gasteiger partial charge < -0.3 is 14.6 Å². The number of carbonyl (C=O) groups is 1. The average molecular weight is 461 g/mol. The van der Waals surface area contributed by atoms with Crippen molar-refractivity contribution in [2.45, 2.75) is 37.3 Å². The van der Waals surface area contributed by atoms with Crippen molar-refractivity contribution in [3.05, 3.63) is 89.0 Å². The van der Waals surface area contributed by atoms with Gasteiger partial charge in [-0.25, -0.2) is 4.79 Å². The van der Waals surface area contributed by atoms with Gasteiger partial charge in [-0.3, -0.25) is 0 Å². The highest BCUT2D eigenvalue weighted by molar-refractivity contribution is 7.98. The molecule has 0 heterocycles. The van der Waals surface area contributed by atoms with Crippen LogP contribution >= 0.6 is 11.8 Å². The van der Waals surface area contributed by atoms with Crippen molar-refractivity contribution < 1.29 is 19.4 Å². The summed E-state index contributed by atoms with van der Waals surface area (Å²) in [5, 5.41) is 8.85. The number of carboxylic acids is 1. The van der Waals surface area contributed by atoms with Crippen LogP contribution in [0.2, 0.25) is 0 Å². The first-order chi connectivity index (χ1) is 16.1. The molecule has 5 heteroatoms. The lowest BCUT2D eigenvalue weighted by Crippen LogP contribution is -2.10. The van der Waals surface area contributed by atoms with Crippen molar-refractivity contribution in [1.29, 1.82) is 0 Å². The lowest BCUT2D eigenvalue weighted by atomic mass is 10.1. The Balaban J connectivity index is 1.71. The zero-order valence-electron chi connectivity index (χ0n) is 19.0. The second-order valence-corrected chi connectivity index (χ2v) is 8.41. The van der Waals surface area contributed by atoms with Crippen LogP contribution in [-0.2, 0) is 23.4 Å². The van der Waals surface area contributed by atoms with E-state index in [1.807, 2.05) is 50.2 Å². The lowest BCUT2D eigenvalue weighted by molar-refractivity contribution is -0.139. The molecule has 4 nitrogen and oxygen atoms in total. The number of hydrogen-bond acceptors (Lipinski definition) is 4. The maximum absolute atomic E-state index is 10.8. The van der Waals surface area contributed by atoms with Gasteiger partial charge in [0.25, 0.3) is 0 Å². The fraction of sp³-hybridized carbons (Fsp3) is 0.250. The summed E-state index contributed by atoms with van der Waals surface area (Å²) in [6, 6.07) is 22.2. The molecule has 3 rings (SSSR count). The number of aryl methyl sites for hydroxylation is 1. The molecule has 170 valence electrons. The molecule has 0 aliphatic rings. The third-order valence-corrected chi connectivity index (χ3v) is 5.88. The summed E-state index contributed by atoms with van der Waals surface area (Å²) >= 11 is 1.72. The predicted octanol–water partition coefficient (Wildman–Crippen LogP) is 6.00. The molecule has 3 aromatic rings. The lowest BCUT2D eigenvalue weighted by Gasteiger charge is -2.11. The Kier molecular flexibility index (Phi) is 9.29. The van der Waals surface area contributed by atoms with Gasteiger partial charge in [-0.05, 0) is 66.4 Å². The van der Waals surface area contributed by atoms with Gasteiger partial charge in [0.1, 0.15) is 11.5 Å². The monoisotopic (exact) mass is 460 g/mol. The minimum Gasteiger partial charge on any atom is -0.494 e. The topological polar surface area (TPSA) is 55.8 Å². The van der Waals surface area contributed by atoms with Crippen LogP contribution in [0.3, 0.4) is 0 Å². The molecule has 1 N–H and O–H groups in total. The molecule has 0 aliphatic carbocycles. The Morgan fingerprint density at radius 3 is 2.52 bits per heavy atom. The minimum atomic E-state index is -0.979. The largest absolute Gasteiger partial charge is 0.494 e. The highest BCUT2D eigenvalue weighted by atomic mass is 32.2. The molecule has 0 atom stereocenters. The van der Waals surface area contributed by atoms with E-state index in [1.165, 1.54) is 5.56 Å². The highest BCUT2D eigenvalue weighted by Crippen LogP contribution is 2.30. The van der Waals surface area contributed by atoms with Gasteiger partial charge in [0.05, 0.1) is 6.61 Å². The number of carboxylic acid groups (broad SMARTS) is 1. The van der Waals surface area contributed by atoms with Crippen LogP contribution in [-0.4, -0.2) is 24.3 Å². The SMILES string of the molecule is CCOc1cc(C#CCc2ccccc2)cc(CSc2ccc(OCC(=O)O)c(CC)c2)c1. The average Bonchev–Trinajstić information content (AvgIpc) is 2.82. The summed E-state index contributed by atoms with van der Waals surface area (Å²) in [5.74, 6) is 7.78. The Bertz CT molecular complexity index is 1130. The minimum absolute atomic E-state index is 0.336. The third-order valence-electron chi connectivity index (χ3n) is 4.81. The molecule has 0 bridgehead atoms. The number of benzene rings is 3. The maximum Gasteiger partial charge on any atom is 0.341 e. The Morgan fingerprint density at radius 1 is 0.970 bits per heavy atom. The van der Waals surface area contributed by atoms with E-state index < -0.39 is 5.97 Å². The molecule has 0 amide bonds. The standard InChI is InChI=1S/C28H28O4S/c1-3-24-18-26(13-14-27(24)32-19-28(29)30)33-20-23-15-22(16-25(17-23)31-4-2)12-8-11-21-9-6-5-7-10-21/h5-7,9-10,13-18H,3-4,11,19-20H2,1-2H3,(H,29,30). The Labute approximate surface area is 200 Å². The third kappa shape index (κ3) is 7.93. The van der Waals surface area contributed by atoms with Gasteiger partial charge in [-0.2, -0.15) is 0 Å². The smallest absolute Gasteiger partial charge is 0.341 e. The van der Waals surface area contributed by atoms with Crippen molar-refractivity contribution in [3.63, 3.8) is 0 Å². The van der Waals surface area contributed by atoms with E-state index in [2.05, 4.69) is 42.2 Å². The number of thioether (sulfide) groups is 1. The van der Waals surface area contributed by atoms with Gasteiger partial charge in [-0.15, -0.1) is 11.8 Å². The number of hydrogen-bond donors (Lipinski definition) is 1. The molecule has 0 aromatic heterocycles. The van der Waals surface area contributed by atoms with Gasteiger partial charge in [-0.1, -0.05) is 49.1 Å². The summed E-state index contributed by atoms with van der Waals surface area (Å²) in [4.78, 5) is 11.9. The summed E-state index contributed by atoms with van der Waals surface area (Å²) in [6.07, 6.45) is 1.48. The van der Waals surface area contributed by atoms with Crippen molar-refractivity contribution in [3.8, 4) is 23.3 Å². The molecular weight excluding hydrogens is 432 g/mol. The molecule has 0 aliphatic heterocycles. The second-order valence-electron chi connectivity index (χ2n) is 7.36. The zero-order valence-corrected chi connectivity index (χ0v) is 19.8. The highest BCUT2D eigenvalue weighted by Gasteiger charge is 2.08. The fourth-order valence-corrected chi connectivity index (χ4v) is 4.17. The molecule has 0 spiro atoms. The molecule has 0 saturated heterocycles. The van der Waals surface area contributed by atoms with E-state index in [9.17, 15) is 4.79 Å². The molecule has 0 fully saturated rings. The van der Waals surface area contributed by atoms with Crippen LogP contribution in [0.4, 0.5) is 0 Å². The van der Waals surface area contributed by atoms with Crippen LogP contribution in [0.5, 0.6) is 11.5 Å². The Morgan fingerprint density at radius 2 is 1.79 bits per heavy atom. The van der Waals surface area contributed by atoms with Crippen molar-refractivity contribution in [2.24, 2.45) is 0 Å².